The molecule has 1 N–H and O–H groups in total. The van der Waals surface area contributed by atoms with Crippen LogP contribution in [0.3, 0.4) is 0 Å². The van der Waals surface area contributed by atoms with Gasteiger partial charge in [-0.2, -0.15) is 0 Å². The number of benzene rings is 2. The summed E-state index contributed by atoms with van der Waals surface area (Å²) in [5, 5.41) is 10.9. The number of rotatable bonds is 16. The second kappa shape index (κ2) is 16.8. The van der Waals surface area contributed by atoms with Gasteiger partial charge in [0.05, 0.1) is 36.6 Å². The Kier molecular flexibility index (Phi) is 12.2. The predicted octanol–water partition coefficient (Wildman–Crippen LogP) is 5.41. The highest BCUT2D eigenvalue weighted by Gasteiger charge is 2.76. The van der Waals surface area contributed by atoms with Gasteiger partial charge >= 0.3 is 5.97 Å². The fourth-order valence-electron chi connectivity index (χ4n) is 9.40. The summed E-state index contributed by atoms with van der Waals surface area (Å²) in [5.74, 6) is -3.21. The molecule has 4 aliphatic rings. The number of aliphatic hydroxyl groups excluding tert-OH is 1. The number of hydrogen-bond acceptors (Lipinski definition) is 7. The number of carbonyl (C=O) groups is 4. The number of allylic oxidation sites excluding steroid dienone is 1. The van der Waals surface area contributed by atoms with Crippen molar-refractivity contribution in [2.45, 2.75) is 113 Å². The number of aliphatic hydroxyl groups is 1. The monoisotopic (exact) mass is 725 g/mol. The minimum absolute atomic E-state index is 0.00187. The molecule has 53 heavy (non-hydrogen) atoms. The van der Waals surface area contributed by atoms with Crippen LogP contribution in [0, 0.1) is 11.8 Å². The molecule has 2 aromatic carbocycles. The van der Waals surface area contributed by atoms with Crippen LogP contribution in [-0.2, 0) is 35.1 Å². The van der Waals surface area contributed by atoms with Gasteiger partial charge in [0.25, 0.3) is 0 Å². The van der Waals surface area contributed by atoms with E-state index in [-0.39, 0.29) is 36.8 Å². The highest BCUT2D eigenvalue weighted by Crippen LogP contribution is 2.59. The lowest BCUT2D eigenvalue weighted by Crippen LogP contribution is -2.60. The topological polar surface area (TPSA) is 117 Å². The third kappa shape index (κ3) is 7.45. The third-order valence-corrected chi connectivity index (χ3v) is 12.2. The largest absolute Gasteiger partial charge is 0.455 e. The van der Waals surface area contributed by atoms with Gasteiger partial charge in [-0.1, -0.05) is 92.1 Å². The molecule has 6 rings (SSSR count). The van der Waals surface area contributed by atoms with E-state index in [1.165, 1.54) is 0 Å². The van der Waals surface area contributed by atoms with Crippen molar-refractivity contribution in [1.82, 2.24) is 14.7 Å². The van der Waals surface area contributed by atoms with Crippen molar-refractivity contribution in [3.8, 4) is 0 Å². The van der Waals surface area contributed by atoms with Crippen LogP contribution < -0.4 is 0 Å². The number of fused-ring (bicyclic) bond motifs is 1. The Morgan fingerprint density at radius 3 is 2.34 bits per heavy atom. The first kappa shape index (κ1) is 38.4. The minimum Gasteiger partial charge on any atom is -0.455 e. The summed E-state index contributed by atoms with van der Waals surface area (Å²) in [6.07, 6.45) is 8.93. The van der Waals surface area contributed by atoms with E-state index in [1.807, 2.05) is 72.5 Å². The Morgan fingerprint density at radius 2 is 1.70 bits per heavy atom. The number of hydrogen-bond donors (Lipinski definition) is 1. The van der Waals surface area contributed by atoms with Crippen molar-refractivity contribution in [2.24, 2.45) is 11.8 Å². The van der Waals surface area contributed by atoms with E-state index in [1.54, 1.807) is 29.0 Å². The van der Waals surface area contributed by atoms with Crippen molar-refractivity contribution < 1.29 is 33.8 Å². The molecule has 1 aliphatic carbocycles. The van der Waals surface area contributed by atoms with E-state index in [9.17, 15) is 14.7 Å². The fourth-order valence-corrected chi connectivity index (χ4v) is 9.40. The highest BCUT2D eigenvalue weighted by molar-refractivity contribution is 5.98. The van der Waals surface area contributed by atoms with Crippen molar-refractivity contribution in [3.63, 3.8) is 0 Å². The Morgan fingerprint density at radius 1 is 1.02 bits per heavy atom. The number of amides is 3. The van der Waals surface area contributed by atoms with Gasteiger partial charge in [-0.3, -0.25) is 19.2 Å². The summed E-state index contributed by atoms with van der Waals surface area (Å²) in [6.45, 7) is 9.50. The standard InChI is InChI=1S/C43H55N3O7/c1-5-7-23-35(48)44(4)29(3)38(31-19-13-9-14-20-31)52-42(51)36-34-24-25-43(53-34)37(36)40(49)46(33(28-47)27-30-17-11-8-12-18-30)39(43)41(50)45(26-6-2)32-21-15-10-16-22-32/h5-6,8-9,11-14,17-20,29,32-34,36-39,47H,1-2,7,10,15-16,21-28H2,3-4H3/t29-,33-,34+,36-,37-,38+,39+,43-/m1/s1. The molecule has 1 saturated carbocycles. The summed E-state index contributed by atoms with van der Waals surface area (Å²) < 4.78 is 13.2. The summed E-state index contributed by atoms with van der Waals surface area (Å²) in [7, 11) is 1.70. The summed E-state index contributed by atoms with van der Waals surface area (Å²) in [4.78, 5) is 62.8. The number of esters is 1. The highest BCUT2D eigenvalue weighted by atomic mass is 16.6. The zero-order chi connectivity index (χ0) is 37.7. The molecule has 2 aromatic rings. The SMILES string of the molecule is C=CCCC(=O)N(C)[C@H](C)[C@H](OC(=O)[C@@H]1[C@@H]2CC[C@]3(O2)[C@H](C(=O)N(CC=C)C2CCCCC2)N([C@@H](CO)Cc2ccccc2)C(=O)[C@@H]13)c1ccccc1. The molecular weight excluding hydrogens is 670 g/mol. The molecule has 3 amide bonds. The molecule has 3 heterocycles. The van der Waals surface area contributed by atoms with Crippen molar-refractivity contribution >= 4 is 23.7 Å². The van der Waals surface area contributed by atoms with Gasteiger partial charge in [0, 0.05) is 26.1 Å². The zero-order valence-corrected chi connectivity index (χ0v) is 31.2. The molecule has 3 aliphatic heterocycles. The van der Waals surface area contributed by atoms with Crippen LogP contribution in [0.15, 0.2) is 86.0 Å². The quantitative estimate of drug-likeness (QED) is 0.182. The number of likely N-dealkylation sites (N-methyl/N-ethyl adjacent to an activating group) is 1. The van der Waals surface area contributed by atoms with Crippen LogP contribution in [0.5, 0.6) is 0 Å². The average Bonchev–Trinajstić information content (AvgIpc) is 3.84. The molecular formula is C43H55N3O7. The predicted molar refractivity (Wildman–Crippen MR) is 201 cm³/mol. The van der Waals surface area contributed by atoms with E-state index in [0.29, 0.717) is 32.2 Å². The lowest BCUT2D eigenvalue weighted by Gasteiger charge is -2.42. The normalized spacial score (nSPS) is 26.7. The van der Waals surface area contributed by atoms with Gasteiger partial charge in [-0.05, 0) is 56.6 Å². The van der Waals surface area contributed by atoms with E-state index >= 15 is 9.59 Å². The van der Waals surface area contributed by atoms with Gasteiger partial charge < -0.3 is 29.3 Å². The molecule has 0 aromatic heterocycles. The number of nitrogens with zero attached hydrogens (tertiary/aromatic N) is 3. The summed E-state index contributed by atoms with van der Waals surface area (Å²) in [6, 6.07) is 16.7. The van der Waals surface area contributed by atoms with Crippen molar-refractivity contribution in [2.75, 3.05) is 20.2 Å². The first-order valence-corrected chi connectivity index (χ1v) is 19.3. The molecule has 2 bridgehead atoms. The number of carbonyl (C=O) groups excluding carboxylic acids is 4. The molecule has 0 radical (unpaired) electrons. The van der Waals surface area contributed by atoms with Crippen molar-refractivity contribution in [1.29, 1.82) is 0 Å². The molecule has 1 spiro atoms. The van der Waals surface area contributed by atoms with E-state index in [2.05, 4.69) is 13.2 Å². The molecule has 4 fully saturated rings. The van der Waals surface area contributed by atoms with Gasteiger partial charge in [0.15, 0.2) is 0 Å². The minimum atomic E-state index is -1.26. The lowest BCUT2D eigenvalue weighted by molar-refractivity contribution is -0.165. The maximum Gasteiger partial charge on any atom is 0.313 e. The van der Waals surface area contributed by atoms with Crippen LogP contribution in [0.2, 0.25) is 0 Å². The van der Waals surface area contributed by atoms with Gasteiger partial charge in [-0.15, -0.1) is 13.2 Å². The van der Waals surface area contributed by atoms with Crippen molar-refractivity contribution in [3.05, 3.63) is 97.1 Å². The summed E-state index contributed by atoms with van der Waals surface area (Å²) in [5.41, 5.74) is 0.383. The Balaban J connectivity index is 1.36. The lowest BCUT2D eigenvalue weighted by atomic mass is 9.70. The van der Waals surface area contributed by atoms with Gasteiger partial charge in [0.2, 0.25) is 17.7 Å². The summed E-state index contributed by atoms with van der Waals surface area (Å²) >= 11 is 0. The third-order valence-electron chi connectivity index (χ3n) is 12.2. The average molecular weight is 726 g/mol. The second-order valence-electron chi connectivity index (χ2n) is 15.2. The molecule has 3 saturated heterocycles. The molecule has 10 nitrogen and oxygen atoms in total. The maximum absolute atomic E-state index is 15.1. The zero-order valence-electron chi connectivity index (χ0n) is 31.2. The number of ether oxygens (including phenoxy) is 2. The van der Waals surface area contributed by atoms with E-state index < -0.39 is 53.7 Å². The Hall–Kier alpha value is -4.28. The van der Waals surface area contributed by atoms with Crippen LogP contribution in [0.4, 0.5) is 0 Å². The van der Waals surface area contributed by atoms with Crippen LogP contribution >= 0.6 is 0 Å². The van der Waals surface area contributed by atoms with E-state index in [0.717, 1.165) is 43.2 Å². The smallest absolute Gasteiger partial charge is 0.313 e. The van der Waals surface area contributed by atoms with Gasteiger partial charge in [0.1, 0.15) is 17.7 Å². The first-order valence-electron chi connectivity index (χ1n) is 19.3. The van der Waals surface area contributed by atoms with E-state index in [4.69, 9.17) is 9.47 Å². The van der Waals surface area contributed by atoms with Crippen LogP contribution in [0.25, 0.3) is 0 Å². The fraction of sp³-hybridized carbons (Fsp3) is 0.535. The number of likely N-dealkylation sites (tertiary alicyclic amines) is 1. The maximum atomic E-state index is 15.1. The van der Waals surface area contributed by atoms with Crippen LogP contribution in [-0.4, -0.2) is 99.6 Å². The molecule has 284 valence electrons. The molecule has 0 unspecified atom stereocenters. The van der Waals surface area contributed by atoms with Crippen LogP contribution in [0.1, 0.15) is 81.9 Å². The second-order valence-corrected chi connectivity index (χ2v) is 15.2. The van der Waals surface area contributed by atoms with Gasteiger partial charge in [-0.25, -0.2) is 0 Å². The Bertz CT molecular complexity index is 1630. The Labute approximate surface area is 313 Å². The molecule has 10 heteroatoms. The molecule has 8 atom stereocenters. The first-order chi connectivity index (χ1) is 25.7.